The van der Waals surface area contributed by atoms with Gasteiger partial charge in [-0.3, -0.25) is 0 Å². The average molecular weight is 293 g/mol. The van der Waals surface area contributed by atoms with Gasteiger partial charge in [0.25, 0.3) is 0 Å². The molecule has 0 bridgehead atoms. The van der Waals surface area contributed by atoms with Crippen LogP contribution in [0.2, 0.25) is 5.02 Å². The van der Waals surface area contributed by atoms with Crippen LogP contribution in [0.25, 0.3) is 0 Å². The Morgan fingerprint density at radius 2 is 1.95 bits per heavy atom. The van der Waals surface area contributed by atoms with E-state index in [4.69, 9.17) is 26.2 Å². The van der Waals surface area contributed by atoms with Crippen LogP contribution < -0.4 is 9.47 Å². The Labute approximate surface area is 123 Å². The zero-order valence-corrected chi connectivity index (χ0v) is 12.3. The smallest absolute Gasteiger partial charge is 0.180 e. The first-order valence-corrected chi connectivity index (χ1v) is 6.68. The van der Waals surface area contributed by atoms with Gasteiger partial charge in [0.05, 0.1) is 18.7 Å². The summed E-state index contributed by atoms with van der Waals surface area (Å²) in [5.74, 6) is 1.02. The van der Waals surface area contributed by atoms with E-state index in [0.29, 0.717) is 28.7 Å². The van der Waals surface area contributed by atoms with Crippen LogP contribution in [0.4, 0.5) is 0 Å². The van der Waals surface area contributed by atoms with Gasteiger partial charge >= 0.3 is 0 Å². The molecule has 2 aromatic carbocycles. The third-order valence-electron chi connectivity index (χ3n) is 3.11. The lowest BCUT2D eigenvalue weighted by Gasteiger charge is -2.14. The minimum Gasteiger partial charge on any atom is -0.493 e. The van der Waals surface area contributed by atoms with Gasteiger partial charge < -0.3 is 14.6 Å². The molecule has 0 unspecified atom stereocenters. The highest BCUT2D eigenvalue weighted by Gasteiger charge is 2.12. The number of aryl methyl sites for hydroxylation is 1. The van der Waals surface area contributed by atoms with E-state index in [1.54, 1.807) is 19.2 Å². The molecule has 0 heterocycles. The summed E-state index contributed by atoms with van der Waals surface area (Å²) >= 11 is 6.18. The number of halogens is 1. The van der Waals surface area contributed by atoms with E-state index in [2.05, 4.69) is 0 Å². The Bertz CT molecular complexity index is 596. The molecule has 0 fully saturated rings. The van der Waals surface area contributed by atoms with Crippen LogP contribution in [0.3, 0.4) is 0 Å². The molecule has 0 aliphatic rings. The second-order valence-electron chi connectivity index (χ2n) is 4.48. The van der Waals surface area contributed by atoms with Crippen molar-refractivity contribution in [1.82, 2.24) is 0 Å². The second-order valence-corrected chi connectivity index (χ2v) is 4.89. The molecule has 0 spiro atoms. The quantitative estimate of drug-likeness (QED) is 0.912. The molecule has 20 heavy (non-hydrogen) atoms. The predicted octanol–water partition coefficient (Wildman–Crippen LogP) is 3.73. The highest BCUT2D eigenvalue weighted by Crippen LogP contribution is 2.37. The molecule has 1 N–H and O–H groups in total. The van der Waals surface area contributed by atoms with E-state index in [1.807, 2.05) is 31.2 Å². The molecule has 2 rings (SSSR count). The van der Waals surface area contributed by atoms with Gasteiger partial charge in [0.1, 0.15) is 6.61 Å². The summed E-state index contributed by atoms with van der Waals surface area (Å²) < 4.78 is 11.1. The van der Waals surface area contributed by atoms with Crippen molar-refractivity contribution in [3.05, 3.63) is 58.1 Å². The van der Waals surface area contributed by atoms with Crippen LogP contribution in [-0.2, 0) is 13.2 Å². The molecule has 0 radical (unpaired) electrons. The Morgan fingerprint density at radius 3 is 2.60 bits per heavy atom. The SMILES string of the molecule is COc1cc(CO)cc(Cl)c1OCc1ccccc1C. The Morgan fingerprint density at radius 1 is 1.20 bits per heavy atom. The van der Waals surface area contributed by atoms with Crippen molar-refractivity contribution in [2.24, 2.45) is 0 Å². The van der Waals surface area contributed by atoms with Gasteiger partial charge in [-0.1, -0.05) is 35.9 Å². The number of hydrogen-bond donors (Lipinski definition) is 1. The van der Waals surface area contributed by atoms with Crippen molar-refractivity contribution in [3.63, 3.8) is 0 Å². The average Bonchev–Trinajstić information content (AvgIpc) is 2.46. The summed E-state index contributed by atoms with van der Waals surface area (Å²) in [5, 5.41) is 9.59. The maximum Gasteiger partial charge on any atom is 0.180 e. The maximum atomic E-state index is 9.16. The lowest BCUT2D eigenvalue weighted by Crippen LogP contribution is -2.01. The van der Waals surface area contributed by atoms with E-state index < -0.39 is 0 Å². The largest absolute Gasteiger partial charge is 0.493 e. The first kappa shape index (κ1) is 14.7. The molecule has 4 heteroatoms. The first-order valence-electron chi connectivity index (χ1n) is 6.30. The molecule has 0 atom stereocenters. The Hall–Kier alpha value is -1.71. The van der Waals surface area contributed by atoms with E-state index in [0.717, 1.165) is 11.1 Å². The zero-order valence-electron chi connectivity index (χ0n) is 11.5. The van der Waals surface area contributed by atoms with Crippen LogP contribution in [0.1, 0.15) is 16.7 Å². The Kier molecular flexibility index (Phi) is 4.88. The standard InChI is InChI=1S/C16H17ClO3/c1-11-5-3-4-6-13(11)10-20-16-14(17)7-12(9-18)8-15(16)19-2/h3-8,18H,9-10H2,1-2H3. The molecule has 0 saturated heterocycles. The summed E-state index contributed by atoms with van der Waals surface area (Å²) in [6.07, 6.45) is 0. The minimum absolute atomic E-state index is 0.0891. The van der Waals surface area contributed by atoms with Crippen LogP contribution in [0.15, 0.2) is 36.4 Å². The monoisotopic (exact) mass is 292 g/mol. The van der Waals surface area contributed by atoms with Crippen LogP contribution in [-0.4, -0.2) is 12.2 Å². The van der Waals surface area contributed by atoms with Gasteiger partial charge in [0.15, 0.2) is 11.5 Å². The maximum absolute atomic E-state index is 9.16. The van der Waals surface area contributed by atoms with E-state index in [-0.39, 0.29) is 6.61 Å². The highest BCUT2D eigenvalue weighted by atomic mass is 35.5. The number of aliphatic hydroxyl groups excluding tert-OH is 1. The lowest BCUT2D eigenvalue weighted by molar-refractivity contribution is 0.274. The molecule has 3 nitrogen and oxygen atoms in total. The molecular formula is C16H17ClO3. The number of rotatable bonds is 5. The van der Waals surface area contributed by atoms with Crippen LogP contribution in [0.5, 0.6) is 11.5 Å². The van der Waals surface area contributed by atoms with Crippen molar-refractivity contribution in [1.29, 1.82) is 0 Å². The number of aliphatic hydroxyl groups is 1. The third-order valence-corrected chi connectivity index (χ3v) is 3.39. The van der Waals surface area contributed by atoms with Gasteiger partial charge in [-0.25, -0.2) is 0 Å². The molecular weight excluding hydrogens is 276 g/mol. The van der Waals surface area contributed by atoms with Crippen molar-refractivity contribution < 1.29 is 14.6 Å². The van der Waals surface area contributed by atoms with Gasteiger partial charge in [-0.2, -0.15) is 0 Å². The Balaban J connectivity index is 2.23. The molecule has 0 aliphatic carbocycles. The summed E-state index contributed by atoms with van der Waals surface area (Å²) in [4.78, 5) is 0. The fraction of sp³-hybridized carbons (Fsp3) is 0.250. The zero-order chi connectivity index (χ0) is 14.5. The van der Waals surface area contributed by atoms with Gasteiger partial charge in [0, 0.05) is 0 Å². The third kappa shape index (κ3) is 3.24. The molecule has 0 aliphatic heterocycles. The molecule has 106 valence electrons. The lowest BCUT2D eigenvalue weighted by atomic mass is 10.1. The number of ether oxygens (including phenoxy) is 2. The topological polar surface area (TPSA) is 38.7 Å². The predicted molar refractivity (Wildman–Crippen MR) is 79.4 cm³/mol. The van der Waals surface area contributed by atoms with Crippen molar-refractivity contribution in [3.8, 4) is 11.5 Å². The second kappa shape index (κ2) is 6.64. The van der Waals surface area contributed by atoms with Gasteiger partial charge in [-0.05, 0) is 35.7 Å². The van der Waals surface area contributed by atoms with E-state index in [9.17, 15) is 0 Å². The summed E-state index contributed by atoms with van der Waals surface area (Å²) in [5.41, 5.74) is 2.95. The number of hydrogen-bond acceptors (Lipinski definition) is 3. The molecule has 0 amide bonds. The van der Waals surface area contributed by atoms with Crippen molar-refractivity contribution in [2.75, 3.05) is 7.11 Å². The fourth-order valence-corrected chi connectivity index (χ4v) is 2.21. The van der Waals surface area contributed by atoms with E-state index >= 15 is 0 Å². The van der Waals surface area contributed by atoms with Gasteiger partial charge in [-0.15, -0.1) is 0 Å². The molecule has 2 aromatic rings. The van der Waals surface area contributed by atoms with Crippen molar-refractivity contribution >= 4 is 11.6 Å². The normalized spacial score (nSPS) is 10.4. The summed E-state index contributed by atoms with van der Waals surface area (Å²) in [7, 11) is 1.55. The number of methoxy groups -OCH3 is 1. The van der Waals surface area contributed by atoms with Crippen molar-refractivity contribution in [2.45, 2.75) is 20.1 Å². The minimum atomic E-state index is -0.0891. The van der Waals surface area contributed by atoms with Crippen LogP contribution >= 0.6 is 11.6 Å². The highest BCUT2D eigenvalue weighted by molar-refractivity contribution is 6.32. The summed E-state index contributed by atoms with van der Waals surface area (Å²) in [6.45, 7) is 2.36. The van der Waals surface area contributed by atoms with Gasteiger partial charge in [0.2, 0.25) is 0 Å². The first-order chi connectivity index (χ1) is 9.65. The summed E-state index contributed by atoms with van der Waals surface area (Å²) in [6, 6.07) is 11.4. The molecule has 0 aromatic heterocycles. The van der Waals surface area contributed by atoms with E-state index in [1.165, 1.54) is 0 Å². The van der Waals surface area contributed by atoms with Crippen LogP contribution in [0, 0.1) is 6.92 Å². The number of benzene rings is 2. The molecule has 0 saturated carbocycles. The fourth-order valence-electron chi connectivity index (χ4n) is 1.93.